The number of aromatic nitrogens is 2. The van der Waals surface area contributed by atoms with Crippen LogP contribution < -0.4 is 0 Å². The molecule has 0 bridgehead atoms. The van der Waals surface area contributed by atoms with Gasteiger partial charge in [-0.2, -0.15) is 0 Å². The zero-order valence-electron chi connectivity index (χ0n) is 22.4. The second-order valence-electron chi connectivity index (χ2n) is 9.90. The van der Waals surface area contributed by atoms with E-state index in [4.69, 9.17) is 4.98 Å². The third-order valence-electron chi connectivity index (χ3n) is 7.06. The lowest BCUT2D eigenvalue weighted by atomic mass is 10.0. The Labute approximate surface area is 222 Å². The smallest absolute Gasteiger partial charge is 0.140 e. The first kappa shape index (κ1) is 26.8. The van der Waals surface area contributed by atoms with Gasteiger partial charge in [0.05, 0.1) is 24.5 Å². The maximum atomic E-state index is 9.74. The topological polar surface area (TPSA) is 41.3 Å². The molecule has 0 saturated heterocycles. The zero-order valence-corrected chi connectivity index (χ0v) is 22.4. The van der Waals surface area contributed by atoms with Crippen LogP contribution >= 0.6 is 0 Å². The third kappa shape index (κ3) is 7.18. The Morgan fingerprint density at radius 2 is 1.43 bits per heavy atom. The maximum Gasteiger partial charge on any atom is 0.140 e. The van der Waals surface area contributed by atoms with E-state index in [1.165, 1.54) is 22.4 Å². The molecule has 1 unspecified atom stereocenters. The largest absolute Gasteiger partial charge is 0.392 e. The fraction of sp³-hybridized carbons (Fsp3) is 0.364. The van der Waals surface area contributed by atoms with Gasteiger partial charge >= 0.3 is 0 Å². The highest BCUT2D eigenvalue weighted by atomic mass is 16.3. The molecule has 194 valence electrons. The molecule has 4 aromatic rings. The van der Waals surface area contributed by atoms with Crippen LogP contribution in [-0.2, 0) is 26.2 Å². The van der Waals surface area contributed by atoms with E-state index in [0.29, 0.717) is 0 Å². The number of hydrogen-bond donors (Lipinski definition) is 1. The van der Waals surface area contributed by atoms with Crippen LogP contribution in [0, 0.1) is 0 Å². The van der Waals surface area contributed by atoms with E-state index in [0.717, 1.165) is 63.1 Å². The van der Waals surface area contributed by atoms with Crippen molar-refractivity contribution >= 4 is 0 Å². The van der Waals surface area contributed by atoms with Crippen molar-refractivity contribution < 1.29 is 5.11 Å². The van der Waals surface area contributed by atoms with E-state index in [2.05, 4.69) is 108 Å². The van der Waals surface area contributed by atoms with Crippen molar-refractivity contribution in [3.8, 4) is 11.4 Å². The summed E-state index contributed by atoms with van der Waals surface area (Å²) in [5, 5.41) is 9.74. The normalized spacial score (nSPS) is 12.2. The van der Waals surface area contributed by atoms with Crippen molar-refractivity contribution in [2.75, 3.05) is 0 Å². The van der Waals surface area contributed by atoms with Gasteiger partial charge in [0.25, 0.3) is 0 Å². The minimum Gasteiger partial charge on any atom is -0.392 e. The Balaban J connectivity index is 1.77. The summed E-state index contributed by atoms with van der Waals surface area (Å²) in [7, 11) is 0. The van der Waals surface area contributed by atoms with E-state index in [1.54, 1.807) is 0 Å². The fourth-order valence-corrected chi connectivity index (χ4v) is 5.09. The van der Waals surface area contributed by atoms with E-state index in [1.807, 2.05) is 6.07 Å². The van der Waals surface area contributed by atoms with Crippen LogP contribution in [0.3, 0.4) is 0 Å². The summed E-state index contributed by atoms with van der Waals surface area (Å²) in [6, 6.07) is 30.0. The summed E-state index contributed by atoms with van der Waals surface area (Å²) in [5.74, 6) is 1.06. The Bertz CT molecular complexity index is 1200. The molecule has 1 aromatic heterocycles. The number of unbranched alkanes of at least 4 members (excludes halogenated alkanes) is 2. The van der Waals surface area contributed by atoms with Gasteiger partial charge in [-0.05, 0) is 29.5 Å². The average molecular weight is 496 g/mol. The Morgan fingerprint density at radius 3 is 2.14 bits per heavy atom. The predicted molar refractivity (Wildman–Crippen MR) is 153 cm³/mol. The fourth-order valence-electron chi connectivity index (χ4n) is 5.09. The van der Waals surface area contributed by atoms with Gasteiger partial charge in [0, 0.05) is 25.2 Å². The molecular formula is C33H41N3O. The van der Waals surface area contributed by atoms with E-state index in [-0.39, 0.29) is 12.6 Å². The number of rotatable bonds is 14. The summed E-state index contributed by atoms with van der Waals surface area (Å²) >= 11 is 0. The molecule has 0 radical (unpaired) electrons. The van der Waals surface area contributed by atoms with Crippen molar-refractivity contribution in [2.24, 2.45) is 0 Å². The molecule has 1 atom stereocenters. The van der Waals surface area contributed by atoms with E-state index in [9.17, 15) is 5.11 Å². The molecule has 0 aliphatic rings. The van der Waals surface area contributed by atoms with Gasteiger partial charge in [-0.15, -0.1) is 0 Å². The first-order valence-corrected chi connectivity index (χ1v) is 13.8. The Morgan fingerprint density at radius 1 is 0.784 bits per heavy atom. The molecule has 0 saturated carbocycles. The second kappa shape index (κ2) is 13.9. The van der Waals surface area contributed by atoms with Crippen molar-refractivity contribution in [3.63, 3.8) is 0 Å². The summed E-state index contributed by atoms with van der Waals surface area (Å²) in [6.07, 6.45) is 7.79. The SMILES string of the molecule is CCCCC(c1cnc(-c2ccccc2)n1CCCC)N(Cc1ccccc1)Cc1cccc(CO)c1. The standard InChI is InChI=1S/C33H41N3O/c1-3-5-20-31(32-23-34-33(36(32)21-6-4-2)30-18-11-8-12-19-30)35(24-27-14-9-7-10-15-27)25-28-16-13-17-29(22-28)26-37/h7-19,22-23,31,37H,3-6,20-21,24-26H2,1-2H3. The van der Waals surface area contributed by atoms with Crippen LogP contribution in [0.15, 0.2) is 91.1 Å². The Hall–Kier alpha value is -3.21. The number of imidazole rings is 1. The molecule has 0 amide bonds. The maximum absolute atomic E-state index is 9.74. The van der Waals surface area contributed by atoms with E-state index >= 15 is 0 Å². The molecule has 0 aliphatic carbocycles. The molecule has 4 nitrogen and oxygen atoms in total. The van der Waals surface area contributed by atoms with Crippen molar-refractivity contribution in [1.29, 1.82) is 0 Å². The quantitative estimate of drug-likeness (QED) is 0.194. The lowest BCUT2D eigenvalue weighted by Crippen LogP contribution is -2.30. The molecule has 4 rings (SSSR count). The summed E-state index contributed by atoms with van der Waals surface area (Å²) < 4.78 is 2.47. The molecule has 0 spiro atoms. The zero-order chi connectivity index (χ0) is 25.9. The molecule has 0 aliphatic heterocycles. The number of nitrogens with zero attached hydrogens (tertiary/aromatic N) is 3. The van der Waals surface area contributed by atoms with Crippen LogP contribution in [0.25, 0.3) is 11.4 Å². The summed E-state index contributed by atoms with van der Waals surface area (Å²) in [5.41, 5.74) is 5.97. The highest BCUT2D eigenvalue weighted by Crippen LogP contribution is 2.33. The molecule has 3 aromatic carbocycles. The minimum atomic E-state index is 0.0655. The molecule has 0 fully saturated rings. The van der Waals surface area contributed by atoms with E-state index < -0.39 is 0 Å². The first-order chi connectivity index (χ1) is 18.2. The number of aliphatic hydroxyl groups is 1. The number of aliphatic hydroxyl groups excluding tert-OH is 1. The Kier molecular flexibility index (Phi) is 10.1. The van der Waals surface area contributed by atoms with Gasteiger partial charge in [-0.1, -0.05) is 118 Å². The summed E-state index contributed by atoms with van der Waals surface area (Å²) in [4.78, 5) is 7.60. The van der Waals surface area contributed by atoms with Crippen LogP contribution in [0.5, 0.6) is 0 Å². The molecule has 37 heavy (non-hydrogen) atoms. The van der Waals surface area contributed by atoms with Crippen molar-refractivity contribution in [2.45, 2.75) is 78.2 Å². The van der Waals surface area contributed by atoms with Gasteiger partial charge < -0.3 is 9.67 Å². The molecule has 1 N–H and O–H groups in total. The second-order valence-corrected chi connectivity index (χ2v) is 9.90. The van der Waals surface area contributed by atoms with Gasteiger partial charge in [0.1, 0.15) is 5.82 Å². The highest BCUT2D eigenvalue weighted by Gasteiger charge is 2.26. The molecule has 1 heterocycles. The van der Waals surface area contributed by atoms with Crippen LogP contribution in [0.1, 0.15) is 74.4 Å². The van der Waals surface area contributed by atoms with Gasteiger partial charge in [-0.3, -0.25) is 4.90 Å². The highest BCUT2D eigenvalue weighted by molar-refractivity contribution is 5.56. The third-order valence-corrected chi connectivity index (χ3v) is 7.06. The van der Waals surface area contributed by atoms with Crippen molar-refractivity contribution in [3.05, 3.63) is 114 Å². The number of benzene rings is 3. The van der Waals surface area contributed by atoms with Crippen LogP contribution in [0.2, 0.25) is 0 Å². The molecular weight excluding hydrogens is 454 g/mol. The van der Waals surface area contributed by atoms with Crippen molar-refractivity contribution in [1.82, 2.24) is 14.5 Å². The predicted octanol–water partition coefficient (Wildman–Crippen LogP) is 7.78. The van der Waals surface area contributed by atoms with Gasteiger partial charge in [0.2, 0.25) is 0 Å². The number of hydrogen-bond acceptors (Lipinski definition) is 3. The van der Waals surface area contributed by atoms with Gasteiger partial charge in [-0.25, -0.2) is 4.98 Å². The van der Waals surface area contributed by atoms with Crippen LogP contribution in [-0.4, -0.2) is 19.6 Å². The lowest BCUT2D eigenvalue weighted by Gasteiger charge is -2.33. The van der Waals surface area contributed by atoms with Crippen LogP contribution in [0.4, 0.5) is 0 Å². The average Bonchev–Trinajstić information content (AvgIpc) is 3.36. The minimum absolute atomic E-state index is 0.0655. The molecule has 4 heteroatoms. The summed E-state index contributed by atoms with van der Waals surface area (Å²) in [6.45, 7) is 7.24. The first-order valence-electron chi connectivity index (χ1n) is 13.8. The lowest BCUT2D eigenvalue weighted by molar-refractivity contribution is 0.159. The van der Waals surface area contributed by atoms with Gasteiger partial charge in [0.15, 0.2) is 0 Å². The monoisotopic (exact) mass is 495 g/mol.